The van der Waals surface area contributed by atoms with Gasteiger partial charge in [0, 0.05) is 32.3 Å². The molecule has 0 aliphatic heterocycles. The standard InChI is InChI=1S/C15H15F2N5O2/c1-22-8-6-10(20-22)4-5-13-19-14(21-24-13)11-3-2-7-18-15(11)23-9-12(16)17/h2-3,6-8,12H,4-5,9H2,1H3. The fourth-order valence-electron chi connectivity index (χ4n) is 2.12. The molecule has 0 radical (unpaired) electrons. The van der Waals surface area contributed by atoms with Crippen LogP contribution in [0.15, 0.2) is 35.1 Å². The highest BCUT2D eigenvalue weighted by Crippen LogP contribution is 2.25. The topological polar surface area (TPSA) is 78.9 Å². The zero-order valence-corrected chi connectivity index (χ0v) is 12.9. The van der Waals surface area contributed by atoms with Crippen LogP contribution in [0.5, 0.6) is 5.88 Å². The van der Waals surface area contributed by atoms with Crippen LogP contribution in [-0.4, -0.2) is 37.9 Å². The highest BCUT2D eigenvalue weighted by molar-refractivity contribution is 5.60. The van der Waals surface area contributed by atoms with Crippen LogP contribution in [0.1, 0.15) is 11.6 Å². The largest absolute Gasteiger partial charge is 0.471 e. The molecule has 0 unspecified atom stereocenters. The minimum Gasteiger partial charge on any atom is -0.471 e. The Bertz CT molecular complexity index is 803. The monoisotopic (exact) mass is 335 g/mol. The van der Waals surface area contributed by atoms with Gasteiger partial charge < -0.3 is 9.26 Å². The Morgan fingerprint density at radius 3 is 2.92 bits per heavy atom. The molecule has 3 rings (SSSR count). The van der Waals surface area contributed by atoms with Gasteiger partial charge in [0.05, 0.1) is 11.3 Å². The molecule has 24 heavy (non-hydrogen) atoms. The van der Waals surface area contributed by atoms with Gasteiger partial charge in [0.1, 0.15) is 0 Å². The molecule has 3 aromatic heterocycles. The Hall–Kier alpha value is -2.84. The third-order valence-electron chi connectivity index (χ3n) is 3.19. The summed E-state index contributed by atoms with van der Waals surface area (Å²) in [5.74, 6) is 0.734. The number of alkyl halides is 2. The van der Waals surface area contributed by atoms with Crippen molar-refractivity contribution in [2.75, 3.05) is 6.61 Å². The SMILES string of the molecule is Cn1ccc(CCc2nc(-c3cccnc3OCC(F)F)no2)n1. The van der Waals surface area contributed by atoms with Crippen LogP contribution in [0, 0.1) is 0 Å². The van der Waals surface area contributed by atoms with E-state index in [1.807, 2.05) is 19.3 Å². The first-order chi connectivity index (χ1) is 11.6. The van der Waals surface area contributed by atoms with Crippen LogP contribution < -0.4 is 4.74 Å². The van der Waals surface area contributed by atoms with Crippen molar-refractivity contribution in [3.63, 3.8) is 0 Å². The van der Waals surface area contributed by atoms with Gasteiger partial charge >= 0.3 is 0 Å². The number of aromatic nitrogens is 5. The van der Waals surface area contributed by atoms with E-state index in [9.17, 15) is 8.78 Å². The highest BCUT2D eigenvalue weighted by atomic mass is 19.3. The summed E-state index contributed by atoms with van der Waals surface area (Å²) in [6, 6.07) is 5.20. The van der Waals surface area contributed by atoms with E-state index in [0.717, 1.165) is 5.69 Å². The molecule has 0 fully saturated rings. The summed E-state index contributed by atoms with van der Waals surface area (Å²) >= 11 is 0. The van der Waals surface area contributed by atoms with Crippen LogP contribution in [0.2, 0.25) is 0 Å². The smallest absolute Gasteiger partial charge is 0.272 e. The molecule has 0 aliphatic rings. The Labute approximate surface area is 136 Å². The van der Waals surface area contributed by atoms with Crippen molar-refractivity contribution >= 4 is 0 Å². The summed E-state index contributed by atoms with van der Waals surface area (Å²) in [6.07, 6.45) is 1.91. The molecule has 0 saturated carbocycles. The fourth-order valence-corrected chi connectivity index (χ4v) is 2.12. The van der Waals surface area contributed by atoms with Gasteiger partial charge in [0.15, 0.2) is 6.61 Å². The maximum atomic E-state index is 12.3. The van der Waals surface area contributed by atoms with Crippen molar-refractivity contribution in [2.45, 2.75) is 19.3 Å². The van der Waals surface area contributed by atoms with Crippen molar-refractivity contribution in [1.82, 2.24) is 24.9 Å². The van der Waals surface area contributed by atoms with Crippen molar-refractivity contribution in [2.24, 2.45) is 7.05 Å². The molecule has 0 spiro atoms. The van der Waals surface area contributed by atoms with Gasteiger partial charge in [-0.2, -0.15) is 10.1 Å². The zero-order valence-electron chi connectivity index (χ0n) is 12.9. The van der Waals surface area contributed by atoms with E-state index in [1.165, 1.54) is 6.20 Å². The third-order valence-corrected chi connectivity index (χ3v) is 3.19. The molecule has 0 bridgehead atoms. The number of ether oxygens (including phenoxy) is 1. The molecule has 0 amide bonds. The zero-order chi connectivity index (χ0) is 16.9. The van der Waals surface area contributed by atoms with Crippen molar-refractivity contribution < 1.29 is 18.0 Å². The van der Waals surface area contributed by atoms with E-state index in [-0.39, 0.29) is 11.7 Å². The molecular formula is C15H15F2N5O2. The predicted octanol–water partition coefficient (Wildman–Crippen LogP) is 2.29. The Morgan fingerprint density at radius 2 is 2.17 bits per heavy atom. The van der Waals surface area contributed by atoms with E-state index >= 15 is 0 Å². The Morgan fingerprint density at radius 1 is 1.29 bits per heavy atom. The molecule has 3 heterocycles. The molecule has 0 atom stereocenters. The lowest BCUT2D eigenvalue weighted by Gasteiger charge is -2.06. The lowest BCUT2D eigenvalue weighted by atomic mass is 10.2. The summed E-state index contributed by atoms with van der Waals surface area (Å²) in [7, 11) is 1.84. The van der Waals surface area contributed by atoms with Crippen LogP contribution in [-0.2, 0) is 19.9 Å². The molecule has 7 nitrogen and oxygen atoms in total. The Balaban J connectivity index is 1.71. The minimum atomic E-state index is -2.58. The first-order valence-electron chi connectivity index (χ1n) is 7.29. The number of hydrogen-bond acceptors (Lipinski definition) is 6. The molecule has 0 saturated heterocycles. The molecular weight excluding hydrogens is 320 g/mol. The second kappa shape index (κ2) is 7.16. The number of hydrogen-bond donors (Lipinski definition) is 0. The second-order valence-corrected chi connectivity index (χ2v) is 5.05. The Kier molecular flexibility index (Phi) is 4.78. The summed E-state index contributed by atoms with van der Waals surface area (Å²) in [5, 5.41) is 8.14. The van der Waals surface area contributed by atoms with Crippen LogP contribution >= 0.6 is 0 Å². The van der Waals surface area contributed by atoms with Crippen LogP contribution in [0.3, 0.4) is 0 Å². The van der Waals surface area contributed by atoms with Gasteiger partial charge in [0.2, 0.25) is 17.6 Å². The molecule has 126 valence electrons. The van der Waals surface area contributed by atoms with Gasteiger partial charge in [-0.15, -0.1) is 0 Å². The fraction of sp³-hybridized carbons (Fsp3) is 0.333. The van der Waals surface area contributed by atoms with Crippen LogP contribution in [0.4, 0.5) is 8.78 Å². The first kappa shape index (κ1) is 16.0. The maximum absolute atomic E-state index is 12.3. The molecule has 0 aromatic carbocycles. The van der Waals surface area contributed by atoms with Gasteiger partial charge in [0.25, 0.3) is 6.43 Å². The normalized spacial score (nSPS) is 11.2. The average Bonchev–Trinajstić information content (AvgIpc) is 3.20. The predicted molar refractivity (Wildman–Crippen MR) is 79.6 cm³/mol. The quantitative estimate of drug-likeness (QED) is 0.659. The highest BCUT2D eigenvalue weighted by Gasteiger charge is 2.16. The van der Waals surface area contributed by atoms with E-state index in [1.54, 1.807) is 16.8 Å². The number of rotatable bonds is 7. The number of aryl methyl sites for hydroxylation is 3. The van der Waals surface area contributed by atoms with Gasteiger partial charge in [-0.25, -0.2) is 13.8 Å². The lowest BCUT2D eigenvalue weighted by Crippen LogP contribution is -2.08. The molecule has 9 heteroatoms. The molecule has 3 aromatic rings. The first-order valence-corrected chi connectivity index (χ1v) is 7.29. The van der Waals surface area contributed by atoms with E-state index in [2.05, 4.69) is 20.2 Å². The average molecular weight is 335 g/mol. The van der Waals surface area contributed by atoms with Crippen molar-refractivity contribution in [3.8, 4) is 17.3 Å². The van der Waals surface area contributed by atoms with Crippen molar-refractivity contribution in [3.05, 3.63) is 42.2 Å². The van der Waals surface area contributed by atoms with Crippen molar-refractivity contribution in [1.29, 1.82) is 0 Å². The maximum Gasteiger partial charge on any atom is 0.272 e. The number of nitrogens with zero attached hydrogens (tertiary/aromatic N) is 5. The third kappa shape index (κ3) is 3.92. The number of halogens is 2. The van der Waals surface area contributed by atoms with Gasteiger partial charge in [-0.1, -0.05) is 5.16 Å². The van der Waals surface area contributed by atoms with Gasteiger partial charge in [-0.3, -0.25) is 4.68 Å². The van der Waals surface area contributed by atoms with Crippen LogP contribution in [0.25, 0.3) is 11.4 Å². The molecule has 0 N–H and O–H groups in total. The summed E-state index contributed by atoms with van der Waals surface area (Å²) in [4.78, 5) is 8.21. The summed E-state index contributed by atoms with van der Waals surface area (Å²) in [6.45, 7) is -0.742. The van der Waals surface area contributed by atoms with E-state index < -0.39 is 13.0 Å². The molecule has 0 aliphatic carbocycles. The minimum absolute atomic E-state index is 0.0508. The van der Waals surface area contributed by atoms with E-state index in [4.69, 9.17) is 9.26 Å². The number of pyridine rings is 1. The lowest BCUT2D eigenvalue weighted by molar-refractivity contribution is 0.0799. The van der Waals surface area contributed by atoms with E-state index in [0.29, 0.717) is 24.3 Å². The summed E-state index contributed by atoms with van der Waals surface area (Å²) < 4.78 is 36.5. The second-order valence-electron chi connectivity index (χ2n) is 5.05. The van der Waals surface area contributed by atoms with Gasteiger partial charge in [-0.05, 0) is 18.2 Å². The summed E-state index contributed by atoms with van der Waals surface area (Å²) in [5.41, 5.74) is 1.32.